The predicted molar refractivity (Wildman–Crippen MR) is 67.5 cm³/mol. The van der Waals surface area contributed by atoms with Gasteiger partial charge in [0.05, 0.1) is 0 Å². The fourth-order valence-corrected chi connectivity index (χ4v) is 2.18. The zero-order chi connectivity index (χ0) is 14.9. The minimum atomic E-state index is 0. The van der Waals surface area contributed by atoms with Gasteiger partial charge < -0.3 is 15.3 Å². The van der Waals surface area contributed by atoms with Crippen LogP contribution in [0.15, 0.2) is 24.3 Å². The Balaban J connectivity index is -0.000000210. The summed E-state index contributed by atoms with van der Waals surface area (Å²) in [6, 6.07) is 0. The van der Waals surface area contributed by atoms with Gasteiger partial charge in [0.15, 0.2) is 0 Å². The van der Waals surface area contributed by atoms with Gasteiger partial charge in [-0.05, 0) is 0 Å². The first-order valence-electron chi connectivity index (χ1n) is 6.38. The zero-order valence-electron chi connectivity index (χ0n) is 12.1. The SMILES string of the molecule is CCC[C]1([Zr+3])C=CC=C1.CC[O-].CC[O-].CC[O-]. The number of hydrogen-bond donors (Lipinski definition) is 0. The topological polar surface area (TPSA) is 69.2 Å². The maximum absolute atomic E-state index is 8.93. The molecule has 1 aliphatic rings. The van der Waals surface area contributed by atoms with Gasteiger partial charge in [-0.1, -0.05) is 20.8 Å². The van der Waals surface area contributed by atoms with E-state index in [1.54, 1.807) is 45.5 Å². The minimum absolute atomic E-state index is 0. The van der Waals surface area contributed by atoms with Gasteiger partial charge in [0, 0.05) is 0 Å². The third-order valence-corrected chi connectivity index (χ3v) is 3.00. The largest absolute Gasteiger partial charge is 0.855 e. The molecule has 0 radical (unpaired) electrons. The van der Waals surface area contributed by atoms with Crippen LogP contribution < -0.4 is 15.3 Å². The van der Waals surface area contributed by atoms with Gasteiger partial charge in [0.25, 0.3) is 0 Å². The molecule has 1 rings (SSSR count). The Morgan fingerprint density at radius 3 is 1.33 bits per heavy atom. The van der Waals surface area contributed by atoms with Crippen molar-refractivity contribution < 1.29 is 40.0 Å². The molecule has 0 spiro atoms. The number of rotatable bonds is 2. The molecule has 1 aliphatic carbocycles. The van der Waals surface area contributed by atoms with Crippen molar-refractivity contribution in [3.05, 3.63) is 24.3 Å². The molecule has 104 valence electrons. The molecule has 0 atom stereocenters. The quantitative estimate of drug-likeness (QED) is 0.747. The van der Waals surface area contributed by atoms with Crippen molar-refractivity contribution in [1.82, 2.24) is 0 Å². The van der Waals surface area contributed by atoms with Crippen LogP contribution in [0.4, 0.5) is 0 Å². The Bertz CT molecular complexity index is 175. The molecule has 0 amide bonds. The smallest absolute Gasteiger partial charge is 0.0809 e. The molecule has 0 saturated heterocycles. The van der Waals surface area contributed by atoms with Gasteiger partial charge in [0.1, 0.15) is 0 Å². The van der Waals surface area contributed by atoms with Crippen molar-refractivity contribution in [2.45, 2.75) is 43.7 Å². The second-order valence-electron chi connectivity index (χ2n) is 3.37. The molecule has 0 saturated carbocycles. The van der Waals surface area contributed by atoms with E-state index in [0.29, 0.717) is 3.12 Å². The standard InChI is InChI=1S/C8H11.3C2H5O.Zr/c1-2-5-8-6-3-4-7-8;3*1-2-3;/h3-4,6-7H,2,5H2,1H3;3*2H2,1H3;/q;3*-1;+3. The van der Waals surface area contributed by atoms with Gasteiger partial charge in [-0.15, -0.1) is 19.8 Å². The molecule has 0 aliphatic heterocycles. The number of hydrogen-bond acceptors (Lipinski definition) is 3. The fourth-order valence-electron chi connectivity index (χ4n) is 1.09. The first-order chi connectivity index (χ1) is 8.51. The van der Waals surface area contributed by atoms with E-state index in [0.717, 1.165) is 0 Å². The Hall–Kier alpha value is 0.243. The van der Waals surface area contributed by atoms with E-state index in [1.807, 2.05) is 0 Å². The van der Waals surface area contributed by atoms with Crippen LogP contribution in [0.2, 0.25) is 3.12 Å². The Kier molecular flexibility index (Phi) is 25.4. The Labute approximate surface area is 127 Å². The van der Waals surface area contributed by atoms with Gasteiger partial charge in [0.2, 0.25) is 0 Å². The van der Waals surface area contributed by atoms with Crippen molar-refractivity contribution in [2.24, 2.45) is 0 Å². The van der Waals surface area contributed by atoms with Crippen molar-refractivity contribution in [3.8, 4) is 0 Å². The molecular weight excluding hydrogens is 307 g/mol. The van der Waals surface area contributed by atoms with Crippen molar-refractivity contribution >= 4 is 0 Å². The molecule has 0 aromatic carbocycles. The molecule has 0 aromatic heterocycles. The summed E-state index contributed by atoms with van der Waals surface area (Å²) in [6.45, 7) is 6.95. The monoisotopic (exact) mass is 332 g/mol. The van der Waals surface area contributed by atoms with Crippen LogP contribution in [0.3, 0.4) is 0 Å². The molecule has 4 heteroatoms. The normalized spacial score (nSPS) is 13.6. The van der Waals surface area contributed by atoms with Crippen LogP contribution in [0, 0.1) is 0 Å². The maximum atomic E-state index is 8.93. The molecule has 0 heterocycles. The van der Waals surface area contributed by atoms with E-state index in [1.165, 1.54) is 12.8 Å². The molecular formula is C14H26O3Zr. The van der Waals surface area contributed by atoms with Crippen molar-refractivity contribution in [2.75, 3.05) is 19.8 Å². The molecule has 18 heavy (non-hydrogen) atoms. The average Bonchev–Trinajstić information content (AvgIpc) is 2.69. The summed E-state index contributed by atoms with van der Waals surface area (Å²) in [7, 11) is 0. The molecule has 0 aromatic rings. The third kappa shape index (κ3) is 21.5. The Morgan fingerprint density at radius 1 is 0.833 bits per heavy atom. The third-order valence-electron chi connectivity index (χ3n) is 1.56. The van der Waals surface area contributed by atoms with Gasteiger partial charge >= 0.3 is 71.9 Å². The van der Waals surface area contributed by atoms with Crippen LogP contribution in [-0.4, -0.2) is 19.8 Å². The predicted octanol–water partition coefficient (Wildman–Crippen LogP) is 0.718. The second-order valence-corrected chi connectivity index (χ2v) is 5.66. The van der Waals surface area contributed by atoms with E-state index in [2.05, 4.69) is 31.2 Å². The summed E-state index contributed by atoms with van der Waals surface area (Å²) >= 11 is 1.62. The number of allylic oxidation sites excluding steroid dienone is 4. The van der Waals surface area contributed by atoms with Gasteiger partial charge in [-0.2, -0.15) is 0 Å². The summed E-state index contributed by atoms with van der Waals surface area (Å²) in [5, 5.41) is 26.8. The van der Waals surface area contributed by atoms with Gasteiger partial charge in [-0.3, -0.25) is 0 Å². The van der Waals surface area contributed by atoms with E-state index >= 15 is 0 Å². The molecule has 0 bridgehead atoms. The second kappa shape index (κ2) is 19.6. The van der Waals surface area contributed by atoms with E-state index in [9.17, 15) is 0 Å². The Morgan fingerprint density at radius 2 is 1.11 bits per heavy atom. The van der Waals surface area contributed by atoms with Crippen LogP contribution in [0.25, 0.3) is 0 Å². The van der Waals surface area contributed by atoms with Crippen molar-refractivity contribution in [1.29, 1.82) is 0 Å². The maximum Gasteiger partial charge on any atom is -0.0809 e. The van der Waals surface area contributed by atoms with Crippen LogP contribution in [0.1, 0.15) is 40.5 Å². The van der Waals surface area contributed by atoms with Crippen LogP contribution in [-0.2, 0) is 24.7 Å². The van der Waals surface area contributed by atoms with E-state index in [-0.39, 0.29) is 19.8 Å². The van der Waals surface area contributed by atoms with E-state index < -0.39 is 0 Å². The van der Waals surface area contributed by atoms with Crippen LogP contribution >= 0.6 is 0 Å². The average molecular weight is 334 g/mol. The first kappa shape index (κ1) is 23.3. The molecule has 0 fully saturated rings. The first-order valence-corrected chi connectivity index (χ1v) is 7.60. The molecule has 0 unspecified atom stereocenters. The van der Waals surface area contributed by atoms with Crippen LogP contribution in [0.5, 0.6) is 0 Å². The summed E-state index contributed by atoms with van der Waals surface area (Å²) in [6.07, 6.45) is 11.6. The summed E-state index contributed by atoms with van der Waals surface area (Å²) in [5.41, 5.74) is 0. The van der Waals surface area contributed by atoms with E-state index in [4.69, 9.17) is 15.3 Å². The summed E-state index contributed by atoms with van der Waals surface area (Å²) in [5.74, 6) is 0. The molecule has 0 N–H and O–H groups in total. The fraction of sp³-hybridized carbons (Fsp3) is 0.714. The minimum Gasteiger partial charge on any atom is -0.855 e. The van der Waals surface area contributed by atoms with Crippen molar-refractivity contribution in [3.63, 3.8) is 0 Å². The summed E-state index contributed by atoms with van der Waals surface area (Å²) < 4.78 is 0.474. The summed E-state index contributed by atoms with van der Waals surface area (Å²) in [4.78, 5) is 0. The molecule has 3 nitrogen and oxygen atoms in total. The zero-order valence-corrected chi connectivity index (χ0v) is 14.5. The van der Waals surface area contributed by atoms with Gasteiger partial charge in [-0.25, -0.2) is 0 Å².